The summed E-state index contributed by atoms with van der Waals surface area (Å²) in [5.74, 6) is 0. The van der Waals surface area contributed by atoms with E-state index in [2.05, 4.69) is 79.9 Å². The molecule has 0 saturated heterocycles. The molecule has 0 atom stereocenters. The highest BCUT2D eigenvalue weighted by Crippen LogP contribution is 2.72. The topological polar surface area (TPSA) is 0 Å². The highest BCUT2D eigenvalue weighted by atomic mass is 31.1. The molecule has 0 spiro atoms. The van der Waals surface area contributed by atoms with Crippen molar-refractivity contribution in [3.63, 3.8) is 0 Å². The Balaban J connectivity index is 1.50. The standard InChI is InChI=1S/C29H35P2/c1-5-14-24(15-6-1)30(25-16-7-2-8-17-25)28-22-13-23-29(28)31(26-18-9-3-10-19-26)27-20-11-4-12-21-27/h1-2,5-8,13-17,22-23,26-27H,3-4,9-12,18-21H2. The van der Waals surface area contributed by atoms with Gasteiger partial charge in [-0.05, 0) is 74.8 Å². The van der Waals surface area contributed by atoms with Gasteiger partial charge < -0.3 is 0 Å². The lowest BCUT2D eigenvalue weighted by Crippen LogP contribution is -2.26. The normalized spacial score (nSPS) is 22.5. The molecule has 161 valence electrons. The van der Waals surface area contributed by atoms with E-state index in [9.17, 15) is 0 Å². The van der Waals surface area contributed by atoms with Gasteiger partial charge in [-0.25, -0.2) is 0 Å². The summed E-state index contributed by atoms with van der Waals surface area (Å²) in [5.41, 5.74) is 5.34. The lowest BCUT2D eigenvalue weighted by molar-refractivity contribution is 0.485. The maximum atomic E-state index is 2.55. The fraction of sp³-hybridized carbons (Fsp3) is 0.414. The van der Waals surface area contributed by atoms with Crippen LogP contribution >= 0.6 is 15.8 Å². The molecule has 0 nitrogen and oxygen atoms in total. The molecule has 3 aliphatic carbocycles. The number of benzene rings is 2. The summed E-state index contributed by atoms with van der Waals surface area (Å²) < 4.78 is 0. The molecular formula is C29H35P2. The van der Waals surface area contributed by atoms with Gasteiger partial charge in [-0.3, -0.25) is 0 Å². The van der Waals surface area contributed by atoms with E-state index in [0.717, 1.165) is 11.3 Å². The number of hydrogen-bond acceptors (Lipinski definition) is 0. The predicted molar refractivity (Wildman–Crippen MR) is 139 cm³/mol. The van der Waals surface area contributed by atoms with Crippen LogP contribution in [0.2, 0.25) is 0 Å². The van der Waals surface area contributed by atoms with Crippen LogP contribution in [0.1, 0.15) is 64.2 Å². The summed E-state index contributed by atoms with van der Waals surface area (Å²) in [6.07, 6.45) is 22.1. The zero-order chi connectivity index (χ0) is 20.9. The quantitative estimate of drug-likeness (QED) is 0.396. The average molecular weight is 446 g/mol. The smallest absolute Gasteiger partial charge is 0.0241 e. The molecule has 0 bridgehead atoms. The van der Waals surface area contributed by atoms with Crippen molar-refractivity contribution in [1.82, 2.24) is 0 Å². The van der Waals surface area contributed by atoms with Gasteiger partial charge in [0.2, 0.25) is 0 Å². The molecule has 5 radical (unpaired) electrons. The lowest BCUT2D eigenvalue weighted by Gasteiger charge is -2.44. The fourth-order valence-corrected chi connectivity index (χ4v) is 12.6. The van der Waals surface area contributed by atoms with Gasteiger partial charge >= 0.3 is 0 Å². The van der Waals surface area contributed by atoms with E-state index in [0.29, 0.717) is 0 Å². The largest absolute Gasteiger partial charge is 0.0917 e. The van der Waals surface area contributed by atoms with Gasteiger partial charge in [0.05, 0.1) is 0 Å². The van der Waals surface area contributed by atoms with Crippen LogP contribution in [0.15, 0.2) is 60.7 Å². The molecule has 31 heavy (non-hydrogen) atoms. The molecule has 0 heterocycles. The summed E-state index contributed by atoms with van der Waals surface area (Å²) in [6.45, 7) is 0. The Kier molecular flexibility index (Phi) is 7.81. The van der Waals surface area contributed by atoms with E-state index >= 15 is 0 Å². The van der Waals surface area contributed by atoms with Crippen molar-refractivity contribution in [2.45, 2.75) is 75.5 Å². The number of rotatable bonds is 6. The molecule has 5 rings (SSSR count). The van der Waals surface area contributed by atoms with Crippen LogP contribution in [0, 0.1) is 30.6 Å². The lowest BCUT2D eigenvalue weighted by atomic mass is 9.99. The molecule has 0 amide bonds. The Morgan fingerprint density at radius 2 is 0.968 bits per heavy atom. The van der Waals surface area contributed by atoms with Crippen molar-refractivity contribution in [1.29, 1.82) is 0 Å². The second kappa shape index (κ2) is 10.9. The summed E-state index contributed by atoms with van der Waals surface area (Å²) in [7, 11) is -0.561. The van der Waals surface area contributed by atoms with Crippen molar-refractivity contribution in [3.05, 3.63) is 91.2 Å². The van der Waals surface area contributed by atoms with E-state index in [1.807, 2.05) is 0 Å². The third-order valence-electron chi connectivity index (χ3n) is 7.25. The fourth-order valence-electron chi connectivity index (χ4n) is 5.80. The minimum absolute atomic E-state index is 0.0728. The molecule has 0 aromatic heterocycles. The first-order valence-corrected chi connectivity index (χ1v) is 15.2. The minimum Gasteiger partial charge on any atom is -0.0917 e. The molecule has 0 unspecified atom stereocenters. The first-order chi connectivity index (χ1) is 15.4. The van der Waals surface area contributed by atoms with Crippen LogP contribution < -0.4 is 10.6 Å². The zero-order valence-corrected chi connectivity index (χ0v) is 20.4. The summed E-state index contributed by atoms with van der Waals surface area (Å²) in [6, 6.07) is 22.6. The van der Waals surface area contributed by atoms with E-state index < -0.39 is 7.92 Å². The second-order valence-electron chi connectivity index (χ2n) is 9.29. The van der Waals surface area contributed by atoms with Crippen molar-refractivity contribution in [3.8, 4) is 0 Å². The first kappa shape index (κ1) is 22.1. The third kappa shape index (κ3) is 5.12. The third-order valence-corrected chi connectivity index (χ3v) is 13.5. The summed E-state index contributed by atoms with van der Waals surface area (Å²) >= 11 is 0. The van der Waals surface area contributed by atoms with Crippen LogP contribution in [0.25, 0.3) is 0 Å². The Hall–Kier alpha value is -0.700. The summed E-state index contributed by atoms with van der Waals surface area (Å²) in [4.78, 5) is 0. The second-order valence-corrected chi connectivity index (χ2v) is 14.2. The van der Waals surface area contributed by atoms with E-state index in [-0.39, 0.29) is 7.92 Å². The van der Waals surface area contributed by atoms with E-state index in [4.69, 9.17) is 0 Å². The van der Waals surface area contributed by atoms with Crippen LogP contribution in [-0.4, -0.2) is 11.3 Å². The van der Waals surface area contributed by atoms with E-state index in [1.165, 1.54) is 74.8 Å². The Bertz CT molecular complexity index is 719. The Labute approximate surface area is 193 Å². The minimum atomic E-state index is -0.488. The molecule has 0 aliphatic heterocycles. The van der Waals surface area contributed by atoms with Crippen molar-refractivity contribution >= 4 is 26.5 Å². The van der Waals surface area contributed by atoms with Crippen LogP contribution in [0.5, 0.6) is 0 Å². The molecule has 3 fully saturated rings. The van der Waals surface area contributed by atoms with Crippen molar-refractivity contribution < 1.29 is 0 Å². The SMILES string of the molecule is [CH]1[CH][C](P(c2ccccc2)c2ccccc2)[C](P(C2CCCCC2)C2CCCCC2)[CH]1. The molecule has 0 N–H and O–H groups in total. The highest BCUT2D eigenvalue weighted by molar-refractivity contribution is 7.77. The average Bonchev–Trinajstić information content (AvgIpc) is 3.31. The highest BCUT2D eigenvalue weighted by Gasteiger charge is 2.46. The molecule has 3 saturated carbocycles. The van der Waals surface area contributed by atoms with Crippen molar-refractivity contribution in [2.24, 2.45) is 0 Å². The van der Waals surface area contributed by atoms with Crippen LogP contribution in [-0.2, 0) is 0 Å². The maximum Gasteiger partial charge on any atom is 0.0241 e. The molecular weight excluding hydrogens is 410 g/mol. The van der Waals surface area contributed by atoms with Crippen LogP contribution in [0.3, 0.4) is 0 Å². The van der Waals surface area contributed by atoms with Gasteiger partial charge in [0.25, 0.3) is 0 Å². The Morgan fingerprint density at radius 1 is 0.516 bits per heavy atom. The van der Waals surface area contributed by atoms with Gasteiger partial charge in [-0.1, -0.05) is 107 Å². The molecule has 2 heteroatoms. The van der Waals surface area contributed by atoms with Gasteiger partial charge in [-0.15, -0.1) is 0 Å². The van der Waals surface area contributed by atoms with Gasteiger partial charge in [0.15, 0.2) is 0 Å². The van der Waals surface area contributed by atoms with Gasteiger partial charge in [0, 0.05) is 11.3 Å². The van der Waals surface area contributed by atoms with Crippen molar-refractivity contribution in [2.75, 3.05) is 0 Å². The molecule has 2 aromatic carbocycles. The van der Waals surface area contributed by atoms with Gasteiger partial charge in [0.1, 0.15) is 0 Å². The molecule has 3 aliphatic rings. The van der Waals surface area contributed by atoms with E-state index in [1.54, 1.807) is 11.3 Å². The van der Waals surface area contributed by atoms with Gasteiger partial charge in [-0.2, -0.15) is 0 Å². The molecule has 2 aromatic rings. The first-order valence-electron chi connectivity index (χ1n) is 12.4. The Morgan fingerprint density at radius 3 is 1.45 bits per heavy atom. The van der Waals surface area contributed by atoms with Crippen LogP contribution in [0.4, 0.5) is 0 Å². The zero-order valence-electron chi connectivity index (χ0n) is 18.6. The number of hydrogen-bond donors (Lipinski definition) is 0. The summed E-state index contributed by atoms with van der Waals surface area (Å²) in [5, 5.41) is 3.00. The predicted octanol–water partition coefficient (Wildman–Crippen LogP) is 7.96. The maximum absolute atomic E-state index is 2.55. The monoisotopic (exact) mass is 445 g/mol.